The smallest absolute Gasteiger partial charge is 0.128 e. The van der Waals surface area contributed by atoms with Gasteiger partial charge in [-0.2, -0.15) is 0 Å². The average Bonchev–Trinajstić information content (AvgIpc) is 2.28. The Bertz CT molecular complexity index is 374. The maximum atomic E-state index is 13.6. The minimum absolute atomic E-state index is 0. The van der Waals surface area contributed by atoms with Gasteiger partial charge in [0.15, 0.2) is 0 Å². The average molecular weight is 278 g/mol. The Balaban J connectivity index is 0.00000289. The Morgan fingerprint density at radius 1 is 1.39 bits per heavy atom. The largest absolute Gasteiger partial charge is 0.497 e. The summed E-state index contributed by atoms with van der Waals surface area (Å²) in [5.41, 5.74) is 6.16. The minimum atomic E-state index is -0.753. The number of hydrogen-bond acceptors (Lipinski definition) is 3. The molecule has 0 aromatic heterocycles. The van der Waals surface area contributed by atoms with Gasteiger partial charge in [-0.05, 0) is 30.5 Å². The molecule has 0 unspecified atom stereocenters. The number of aliphatic hydroxyl groups is 1. The van der Waals surface area contributed by atoms with Gasteiger partial charge in [-0.3, -0.25) is 0 Å². The molecule has 0 amide bonds. The SMILES string of the molecule is COc1ccc(F)c([C@@H](N)[C@@H](O)CC(C)C)c1.Cl. The third kappa shape index (κ3) is 4.44. The summed E-state index contributed by atoms with van der Waals surface area (Å²) in [6.07, 6.45) is -0.214. The zero-order chi connectivity index (χ0) is 13.0. The molecule has 3 N–H and O–H groups in total. The molecule has 0 aliphatic carbocycles. The lowest BCUT2D eigenvalue weighted by Gasteiger charge is -2.21. The predicted octanol–water partition coefficient (Wildman–Crippen LogP) is 2.66. The van der Waals surface area contributed by atoms with Gasteiger partial charge in [0.25, 0.3) is 0 Å². The predicted molar refractivity (Wildman–Crippen MR) is 72.6 cm³/mol. The summed E-state index contributed by atoms with van der Waals surface area (Å²) in [5.74, 6) is 0.430. The van der Waals surface area contributed by atoms with Gasteiger partial charge in [0.1, 0.15) is 11.6 Å². The molecule has 0 bridgehead atoms. The molecule has 0 aliphatic rings. The molecule has 0 heterocycles. The van der Waals surface area contributed by atoms with Crippen LogP contribution in [0.3, 0.4) is 0 Å². The van der Waals surface area contributed by atoms with Gasteiger partial charge in [-0.1, -0.05) is 13.8 Å². The van der Waals surface area contributed by atoms with Crippen molar-refractivity contribution in [1.82, 2.24) is 0 Å². The monoisotopic (exact) mass is 277 g/mol. The van der Waals surface area contributed by atoms with Gasteiger partial charge < -0.3 is 15.6 Å². The fraction of sp³-hybridized carbons (Fsp3) is 0.538. The fourth-order valence-electron chi connectivity index (χ4n) is 1.74. The van der Waals surface area contributed by atoms with Crippen molar-refractivity contribution >= 4 is 12.4 Å². The molecule has 18 heavy (non-hydrogen) atoms. The van der Waals surface area contributed by atoms with E-state index < -0.39 is 18.0 Å². The number of nitrogens with two attached hydrogens (primary N) is 1. The topological polar surface area (TPSA) is 55.5 Å². The molecule has 104 valence electrons. The maximum absolute atomic E-state index is 13.6. The zero-order valence-corrected chi connectivity index (χ0v) is 11.7. The number of benzene rings is 1. The zero-order valence-electron chi connectivity index (χ0n) is 10.9. The van der Waals surface area contributed by atoms with Gasteiger partial charge in [0.2, 0.25) is 0 Å². The first-order valence-electron chi connectivity index (χ1n) is 5.72. The number of hydrogen-bond donors (Lipinski definition) is 2. The summed E-state index contributed by atoms with van der Waals surface area (Å²) in [4.78, 5) is 0. The Morgan fingerprint density at radius 3 is 2.50 bits per heavy atom. The van der Waals surface area contributed by atoms with Crippen molar-refractivity contribution in [2.75, 3.05) is 7.11 Å². The number of halogens is 2. The van der Waals surface area contributed by atoms with E-state index >= 15 is 0 Å². The summed E-state index contributed by atoms with van der Waals surface area (Å²) in [6, 6.07) is 3.63. The molecule has 0 saturated carbocycles. The first kappa shape index (κ1) is 17.2. The Kier molecular flexibility index (Phi) is 7.21. The van der Waals surface area contributed by atoms with E-state index in [0.717, 1.165) is 0 Å². The third-order valence-corrected chi connectivity index (χ3v) is 2.69. The maximum Gasteiger partial charge on any atom is 0.128 e. The molecule has 0 radical (unpaired) electrons. The molecule has 1 rings (SSSR count). The van der Waals surface area contributed by atoms with Crippen LogP contribution in [-0.2, 0) is 0 Å². The van der Waals surface area contributed by atoms with Crippen molar-refractivity contribution in [2.45, 2.75) is 32.4 Å². The minimum Gasteiger partial charge on any atom is -0.497 e. The van der Waals surface area contributed by atoms with E-state index in [9.17, 15) is 9.50 Å². The summed E-state index contributed by atoms with van der Waals surface area (Å²) < 4.78 is 18.6. The molecule has 0 saturated heterocycles. The fourth-order valence-corrected chi connectivity index (χ4v) is 1.74. The lowest BCUT2D eigenvalue weighted by atomic mass is 9.95. The van der Waals surface area contributed by atoms with Crippen LogP contribution in [0.4, 0.5) is 4.39 Å². The van der Waals surface area contributed by atoms with Gasteiger partial charge >= 0.3 is 0 Å². The molecule has 1 aromatic carbocycles. The Morgan fingerprint density at radius 2 is 2.00 bits per heavy atom. The van der Waals surface area contributed by atoms with E-state index in [1.807, 2.05) is 13.8 Å². The van der Waals surface area contributed by atoms with Crippen LogP contribution < -0.4 is 10.5 Å². The van der Waals surface area contributed by atoms with Gasteiger partial charge in [-0.15, -0.1) is 12.4 Å². The van der Waals surface area contributed by atoms with Gasteiger partial charge in [0.05, 0.1) is 19.3 Å². The highest BCUT2D eigenvalue weighted by Gasteiger charge is 2.21. The molecular formula is C13H21ClFNO2. The van der Waals surface area contributed by atoms with Crippen molar-refractivity contribution in [1.29, 1.82) is 0 Å². The third-order valence-electron chi connectivity index (χ3n) is 2.69. The van der Waals surface area contributed by atoms with Crippen LogP contribution in [-0.4, -0.2) is 18.3 Å². The Hall–Kier alpha value is -0.840. The second-order valence-electron chi connectivity index (χ2n) is 4.61. The highest BCUT2D eigenvalue weighted by molar-refractivity contribution is 5.85. The second-order valence-corrected chi connectivity index (χ2v) is 4.61. The van der Waals surface area contributed by atoms with Crippen LogP contribution in [0.2, 0.25) is 0 Å². The van der Waals surface area contributed by atoms with E-state index in [2.05, 4.69) is 0 Å². The quantitative estimate of drug-likeness (QED) is 0.870. The molecule has 3 nitrogen and oxygen atoms in total. The summed E-state index contributed by atoms with van der Waals surface area (Å²) in [6.45, 7) is 3.97. The molecule has 2 atom stereocenters. The van der Waals surface area contributed by atoms with Gasteiger partial charge in [0, 0.05) is 5.56 Å². The normalized spacial score (nSPS) is 13.9. The van der Waals surface area contributed by atoms with Crippen molar-refractivity contribution in [3.63, 3.8) is 0 Å². The summed E-state index contributed by atoms with van der Waals surface area (Å²) in [5, 5.41) is 9.90. The van der Waals surface area contributed by atoms with Crippen LogP contribution in [0.15, 0.2) is 18.2 Å². The standard InChI is InChI=1S/C13H20FNO2.ClH/c1-8(2)6-12(16)13(15)10-7-9(17-3)4-5-11(10)14;/h4-5,7-8,12-13,16H,6,15H2,1-3H3;1H/t12-,13+;/m0./s1. The lowest BCUT2D eigenvalue weighted by Crippen LogP contribution is -2.28. The Labute approximate surface area is 114 Å². The highest BCUT2D eigenvalue weighted by atomic mass is 35.5. The number of aliphatic hydroxyl groups excluding tert-OH is 1. The van der Waals surface area contributed by atoms with E-state index in [4.69, 9.17) is 10.5 Å². The molecule has 0 aliphatic heterocycles. The molecule has 1 aromatic rings. The first-order chi connectivity index (χ1) is 7.95. The molecule has 5 heteroatoms. The molecule has 0 spiro atoms. The van der Waals surface area contributed by atoms with Gasteiger partial charge in [-0.25, -0.2) is 4.39 Å². The number of ether oxygens (including phenoxy) is 1. The van der Waals surface area contributed by atoms with Crippen LogP contribution in [0.25, 0.3) is 0 Å². The van der Waals surface area contributed by atoms with Crippen LogP contribution in [0, 0.1) is 11.7 Å². The van der Waals surface area contributed by atoms with Crippen molar-refractivity contribution < 1.29 is 14.2 Å². The lowest BCUT2D eigenvalue weighted by molar-refractivity contribution is 0.119. The van der Waals surface area contributed by atoms with Crippen LogP contribution in [0.5, 0.6) is 5.75 Å². The molecular weight excluding hydrogens is 257 g/mol. The highest BCUT2D eigenvalue weighted by Crippen LogP contribution is 2.25. The van der Waals surface area contributed by atoms with Crippen molar-refractivity contribution in [3.8, 4) is 5.75 Å². The van der Waals surface area contributed by atoms with E-state index in [1.54, 1.807) is 0 Å². The summed E-state index contributed by atoms with van der Waals surface area (Å²) >= 11 is 0. The molecule has 0 fully saturated rings. The second kappa shape index (κ2) is 7.56. The van der Waals surface area contributed by atoms with E-state index in [0.29, 0.717) is 18.1 Å². The van der Waals surface area contributed by atoms with Crippen LogP contribution in [0.1, 0.15) is 31.9 Å². The number of rotatable bonds is 5. The van der Waals surface area contributed by atoms with Crippen molar-refractivity contribution in [2.24, 2.45) is 11.7 Å². The first-order valence-corrected chi connectivity index (χ1v) is 5.72. The van der Waals surface area contributed by atoms with E-state index in [1.165, 1.54) is 25.3 Å². The van der Waals surface area contributed by atoms with E-state index in [-0.39, 0.29) is 18.0 Å². The summed E-state index contributed by atoms with van der Waals surface area (Å²) in [7, 11) is 1.51. The van der Waals surface area contributed by atoms with Crippen molar-refractivity contribution in [3.05, 3.63) is 29.6 Å². The number of methoxy groups -OCH3 is 1. The van der Waals surface area contributed by atoms with Crippen LogP contribution >= 0.6 is 12.4 Å².